The van der Waals surface area contributed by atoms with E-state index in [9.17, 15) is 0 Å². The van der Waals surface area contributed by atoms with Crippen molar-refractivity contribution in [3.8, 4) is 0 Å². The summed E-state index contributed by atoms with van der Waals surface area (Å²) < 4.78 is 0. The Morgan fingerprint density at radius 2 is 2.06 bits per heavy atom. The number of benzene rings is 1. The average molecular weight is 265 g/mol. The summed E-state index contributed by atoms with van der Waals surface area (Å²) in [4.78, 5) is 3.37. The van der Waals surface area contributed by atoms with Crippen molar-refractivity contribution in [3.63, 3.8) is 0 Å². The maximum atomic E-state index is 7.84. The van der Waals surface area contributed by atoms with Crippen molar-refractivity contribution in [3.05, 3.63) is 23.8 Å². The molecule has 3 N–H and O–H groups in total. The Balaban J connectivity index is 3.33. The molecule has 4 heteroatoms. The van der Waals surface area contributed by atoms with Crippen molar-refractivity contribution in [1.29, 1.82) is 5.41 Å². The van der Waals surface area contributed by atoms with Gasteiger partial charge in [-0.2, -0.15) is 0 Å². The number of hydrogen-bond donors (Lipinski definition) is 2. The number of nitrogens with two attached hydrogens (primary N) is 1. The van der Waals surface area contributed by atoms with Crippen LogP contribution in [0.3, 0.4) is 0 Å². The quantitative estimate of drug-likeness (QED) is 0.471. The molecular weight excluding hydrogens is 242 g/mol. The number of nitrogens with zero attached hydrogens (tertiary/aromatic N) is 1. The van der Waals surface area contributed by atoms with Crippen molar-refractivity contribution in [2.45, 2.75) is 38.6 Å². The number of nitrogen functional groups attached to an aromatic ring is 1. The fourth-order valence-corrected chi connectivity index (χ4v) is 2.96. The molecule has 0 spiro atoms. The lowest BCUT2D eigenvalue weighted by Crippen LogP contribution is -2.32. The van der Waals surface area contributed by atoms with E-state index in [1.54, 1.807) is 11.8 Å². The molecule has 0 radical (unpaired) electrons. The van der Waals surface area contributed by atoms with E-state index in [2.05, 4.69) is 38.7 Å². The fraction of sp³-hybridized carbons (Fsp3) is 0.500. The number of anilines is 1. The van der Waals surface area contributed by atoms with Crippen LogP contribution in [0, 0.1) is 5.41 Å². The van der Waals surface area contributed by atoms with Crippen LogP contribution in [0.1, 0.15) is 33.3 Å². The van der Waals surface area contributed by atoms with E-state index in [1.165, 1.54) is 0 Å². The van der Waals surface area contributed by atoms with Gasteiger partial charge in [-0.3, -0.25) is 5.41 Å². The summed E-state index contributed by atoms with van der Waals surface area (Å²) in [6.07, 6.45) is 0. The maximum absolute atomic E-state index is 7.84. The Hall–Kier alpha value is -1.16. The SMILES string of the molecule is CCSc1cccc(N(CC)C(C)C)c1C(=N)N. The zero-order valence-corrected chi connectivity index (χ0v) is 12.5. The van der Waals surface area contributed by atoms with Crippen LogP contribution in [-0.2, 0) is 0 Å². The Morgan fingerprint density at radius 1 is 1.39 bits per heavy atom. The van der Waals surface area contributed by atoms with Gasteiger partial charge in [-0.1, -0.05) is 13.0 Å². The second-order valence-electron chi connectivity index (χ2n) is 4.38. The van der Waals surface area contributed by atoms with Gasteiger partial charge >= 0.3 is 0 Å². The van der Waals surface area contributed by atoms with Gasteiger partial charge in [0.1, 0.15) is 5.84 Å². The summed E-state index contributed by atoms with van der Waals surface area (Å²) in [5.41, 5.74) is 7.72. The zero-order valence-electron chi connectivity index (χ0n) is 11.7. The van der Waals surface area contributed by atoms with Crippen LogP contribution in [0.15, 0.2) is 23.1 Å². The molecule has 0 bridgehead atoms. The van der Waals surface area contributed by atoms with Gasteiger partial charge in [0.15, 0.2) is 0 Å². The van der Waals surface area contributed by atoms with Crippen LogP contribution in [0.25, 0.3) is 0 Å². The number of thioether (sulfide) groups is 1. The summed E-state index contributed by atoms with van der Waals surface area (Å²) in [5, 5.41) is 7.84. The molecule has 0 saturated carbocycles. The molecular formula is C14H23N3S. The largest absolute Gasteiger partial charge is 0.384 e. The van der Waals surface area contributed by atoms with Crippen molar-refractivity contribution in [2.75, 3.05) is 17.2 Å². The molecule has 0 aliphatic rings. The van der Waals surface area contributed by atoms with Gasteiger partial charge in [-0.05, 0) is 38.7 Å². The highest BCUT2D eigenvalue weighted by atomic mass is 32.2. The van der Waals surface area contributed by atoms with Crippen molar-refractivity contribution in [2.24, 2.45) is 5.73 Å². The second-order valence-corrected chi connectivity index (χ2v) is 5.68. The first-order chi connectivity index (χ1) is 8.52. The van der Waals surface area contributed by atoms with E-state index in [-0.39, 0.29) is 5.84 Å². The van der Waals surface area contributed by atoms with Crippen LogP contribution >= 0.6 is 11.8 Å². The molecule has 0 aliphatic carbocycles. The summed E-state index contributed by atoms with van der Waals surface area (Å²) in [6, 6.07) is 6.54. The number of hydrogen-bond acceptors (Lipinski definition) is 3. The highest BCUT2D eigenvalue weighted by Gasteiger charge is 2.17. The molecule has 0 heterocycles. The zero-order chi connectivity index (χ0) is 13.7. The molecule has 0 unspecified atom stereocenters. The Morgan fingerprint density at radius 3 is 2.50 bits per heavy atom. The molecule has 1 rings (SSSR count). The summed E-state index contributed by atoms with van der Waals surface area (Å²) in [6.45, 7) is 9.48. The maximum Gasteiger partial charge on any atom is 0.126 e. The monoisotopic (exact) mass is 265 g/mol. The summed E-state index contributed by atoms with van der Waals surface area (Å²) in [5.74, 6) is 1.14. The van der Waals surface area contributed by atoms with Gasteiger partial charge in [0, 0.05) is 23.2 Å². The molecule has 0 aromatic heterocycles. The van der Waals surface area contributed by atoms with Gasteiger partial charge in [0.2, 0.25) is 0 Å². The third-order valence-corrected chi connectivity index (χ3v) is 3.79. The van der Waals surface area contributed by atoms with E-state index >= 15 is 0 Å². The Kier molecular flexibility index (Phi) is 5.54. The number of nitrogens with one attached hydrogen (secondary N) is 1. The minimum atomic E-state index is 0.153. The molecule has 0 saturated heterocycles. The molecule has 0 atom stereocenters. The van der Waals surface area contributed by atoms with Crippen LogP contribution < -0.4 is 10.6 Å². The van der Waals surface area contributed by atoms with Crippen molar-refractivity contribution >= 4 is 23.3 Å². The van der Waals surface area contributed by atoms with E-state index in [1.807, 2.05) is 12.1 Å². The van der Waals surface area contributed by atoms with E-state index < -0.39 is 0 Å². The predicted octanol–water partition coefficient (Wildman–Crippen LogP) is 3.32. The third kappa shape index (κ3) is 3.19. The average Bonchev–Trinajstić information content (AvgIpc) is 2.29. The number of rotatable bonds is 6. The van der Waals surface area contributed by atoms with Gasteiger partial charge in [0.25, 0.3) is 0 Å². The lowest BCUT2D eigenvalue weighted by molar-refractivity contribution is 0.702. The van der Waals surface area contributed by atoms with E-state index in [0.717, 1.165) is 28.4 Å². The molecule has 0 aliphatic heterocycles. The van der Waals surface area contributed by atoms with E-state index in [0.29, 0.717) is 6.04 Å². The molecule has 0 fully saturated rings. The second kappa shape index (κ2) is 6.69. The molecule has 3 nitrogen and oxygen atoms in total. The molecule has 0 amide bonds. The van der Waals surface area contributed by atoms with Gasteiger partial charge in [-0.25, -0.2) is 0 Å². The summed E-state index contributed by atoms with van der Waals surface area (Å²) >= 11 is 1.74. The fourth-order valence-electron chi connectivity index (χ4n) is 2.12. The Labute approximate surface area is 114 Å². The normalized spacial score (nSPS) is 10.7. The highest BCUT2D eigenvalue weighted by Crippen LogP contribution is 2.31. The standard InChI is InChI=1S/C14H23N3S/c1-5-17(10(3)4)11-8-7-9-12(18-6-2)13(11)14(15)16/h7-10H,5-6H2,1-4H3,(H3,15,16). The molecule has 1 aromatic rings. The topological polar surface area (TPSA) is 53.1 Å². The van der Waals surface area contributed by atoms with Gasteiger partial charge < -0.3 is 10.6 Å². The van der Waals surface area contributed by atoms with Gasteiger partial charge in [-0.15, -0.1) is 11.8 Å². The first-order valence-corrected chi connectivity index (χ1v) is 7.38. The third-order valence-electron chi connectivity index (χ3n) is 2.85. The lowest BCUT2D eigenvalue weighted by Gasteiger charge is -2.30. The molecule has 1 aromatic carbocycles. The van der Waals surface area contributed by atoms with E-state index in [4.69, 9.17) is 11.1 Å². The molecule has 18 heavy (non-hydrogen) atoms. The van der Waals surface area contributed by atoms with Crippen LogP contribution in [0.2, 0.25) is 0 Å². The number of amidine groups is 1. The minimum Gasteiger partial charge on any atom is -0.384 e. The lowest BCUT2D eigenvalue weighted by atomic mass is 10.1. The predicted molar refractivity (Wildman–Crippen MR) is 82.0 cm³/mol. The molecule has 100 valence electrons. The van der Waals surface area contributed by atoms with Crippen molar-refractivity contribution in [1.82, 2.24) is 0 Å². The first-order valence-electron chi connectivity index (χ1n) is 6.39. The first kappa shape index (κ1) is 14.9. The van der Waals surface area contributed by atoms with Crippen LogP contribution in [0.4, 0.5) is 5.69 Å². The van der Waals surface area contributed by atoms with Crippen LogP contribution in [-0.4, -0.2) is 24.2 Å². The smallest absolute Gasteiger partial charge is 0.126 e. The van der Waals surface area contributed by atoms with Gasteiger partial charge in [0.05, 0.1) is 5.56 Å². The van der Waals surface area contributed by atoms with Crippen LogP contribution in [0.5, 0.6) is 0 Å². The minimum absolute atomic E-state index is 0.153. The Bertz CT molecular complexity index is 416. The summed E-state index contributed by atoms with van der Waals surface area (Å²) in [7, 11) is 0. The van der Waals surface area contributed by atoms with Crippen molar-refractivity contribution < 1.29 is 0 Å². The highest BCUT2D eigenvalue weighted by molar-refractivity contribution is 7.99.